The van der Waals surface area contributed by atoms with Gasteiger partial charge in [0.05, 0.1) is 6.21 Å². The highest BCUT2D eigenvalue weighted by molar-refractivity contribution is 6.28. The quantitative estimate of drug-likeness (QED) is 0.355. The van der Waals surface area contributed by atoms with Crippen LogP contribution in [0.15, 0.2) is 9.98 Å². The Hall–Kier alpha value is -0.860. The molecule has 3 heteroatoms. The Labute approximate surface area is 43.0 Å². The van der Waals surface area contributed by atoms with Crippen molar-refractivity contribution < 1.29 is 0 Å². The number of hydrogen-bond donors (Lipinski definition) is 1. The molecule has 2 N–H and O–H groups in total. The highest BCUT2D eigenvalue weighted by atomic mass is 14.8. The van der Waals surface area contributed by atoms with Gasteiger partial charge in [-0.15, -0.1) is 0 Å². The van der Waals surface area contributed by atoms with Crippen LogP contribution in [-0.4, -0.2) is 26.1 Å². The summed E-state index contributed by atoms with van der Waals surface area (Å²) in [7, 11) is 3.27. The molecular weight excluding hydrogens is 90.1 g/mol. The van der Waals surface area contributed by atoms with Gasteiger partial charge in [0.1, 0.15) is 5.84 Å². The van der Waals surface area contributed by atoms with Crippen LogP contribution >= 0.6 is 0 Å². The normalized spacial score (nSPS) is 13.1. The number of nitrogens with zero attached hydrogens (tertiary/aromatic N) is 2. The van der Waals surface area contributed by atoms with Crippen LogP contribution in [0.4, 0.5) is 0 Å². The molecule has 0 spiro atoms. The van der Waals surface area contributed by atoms with E-state index in [0.717, 1.165) is 0 Å². The summed E-state index contributed by atoms with van der Waals surface area (Å²) in [5.41, 5.74) is 5.18. The van der Waals surface area contributed by atoms with Crippen molar-refractivity contribution in [1.29, 1.82) is 0 Å². The summed E-state index contributed by atoms with van der Waals surface area (Å²) < 4.78 is 0. The molecule has 0 amide bonds. The largest absolute Gasteiger partial charge is 0.383 e. The SMILES string of the molecule is CN=CC(N)=NC. The van der Waals surface area contributed by atoms with Gasteiger partial charge in [-0.25, -0.2) is 0 Å². The lowest BCUT2D eigenvalue weighted by Crippen LogP contribution is -2.11. The zero-order valence-electron chi connectivity index (χ0n) is 4.55. The van der Waals surface area contributed by atoms with Gasteiger partial charge in [0.2, 0.25) is 0 Å². The summed E-state index contributed by atoms with van der Waals surface area (Å²) in [6.07, 6.45) is 1.50. The first kappa shape index (κ1) is 6.14. The average Bonchev–Trinajstić information content (AvgIpc) is 1.68. The van der Waals surface area contributed by atoms with Crippen molar-refractivity contribution in [2.45, 2.75) is 0 Å². The van der Waals surface area contributed by atoms with Crippen molar-refractivity contribution in [3.8, 4) is 0 Å². The van der Waals surface area contributed by atoms with E-state index in [4.69, 9.17) is 5.73 Å². The van der Waals surface area contributed by atoms with Crippen LogP contribution in [0.2, 0.25) is 0 Å². The van der Waals surface area contributed by atoms with Gasteiger partial charge in [0.15, 0.2) is 0 Å². The number of hydrogen-bond acceptors (Lipinski definition) is 2. The highest BCUT2D eigenvalue weighted by Gasteiger charge is 1.73. The topological polar surface area (TPSA) is 50.7 Å². The molecule has 0 aromatic carbocycles. The third kappa shape index (κ3) is 2.96. The van der Waals surface area contributed by atoms with Gasteiger partial charge in [0, 0.05) is 14.1 Å². The highest BCUT2D eigenvalue weighted by Crippen LogP contribution is 1.56. The van der Waals surface area contributed by atoms with E-state index in [1.807, 2.05) is 0 Å². The lowest BCUT2D eigenvalue weighted by Gasteiger charge is -1.81. The lowest BCUT2D eigenvalue weighted by atomic mass is 10.7. The predicted octanol–water partition coefficient (Wildman–Crippen LogP) is -0.326. The Balaban J connectivity index is 3.58. The van der Waals surface area contributed by atoms with Crippen LogP contribution in [0.25, 0.3) is 0 Å². The molecule has 0 rings (SSSR count). The van der Waals surface area contributed by atoms with Crippen molar-refractivity contribution in [2.75, 3.05) is 14.1 Å². The smallest absolute Gasteiger partial charge is 0.136 e. The molecule has 7 heavy (non-hydrogen) atoms. The summed E-state index contributed by atoms with van der Waals surface area (Å²) in [6.45, 7) is 0. The van der Waals surface area contributed by atoms with E-state index in [0.29, 0.717) is 5.84 Å². The van der Waals surface area contributed by atoms with Crippen molar-refractivity contribution in [2.24, 2.45) is 15.7 Å². The summed E-state index contributed by atoms with van der Waals surface area (Å²) in [5.74, 6) is 0.461. The Bertz CT molecular complexity index is 93.1. The number of rotatable bonds is 1. The minimum Gasteiger partial charge on any atom is -0.383 e. The monoisotopic (exact) mass is 99.1 g/mol. The molecule has 0 radical (unpaired) electrons. The standard InChI is InChI=1S/C4H9N3/c1-6-3-4(5)7-2/h3H,1-2H3,(H2,5,7). The molecule has 0 saturated carbocycles. The lowest BCUT2D eigenvalue weighted by molar-refractivity contribution is 1.41. The predicted molar refractivity (Wildman–Crippen MR) is 32.0 cm³/mol. The fraction of sp³-hybridized carbons (Fsp3) is 0.500. The van der Waals surface area contributed by atoms with E-state index < -0.39 is 0 Å². The number of amidine groups is 1. The Kier molecular flexibility index (Phi) is 2.92. The third-order valence-corrected chi connectivity index (χ3v) is 0.520. The van der Waals surface area contributed by atoms with Crippen LogP contribution in [-0.2, 0) is 0 Å². The van der Waals surface area contributed by atoms with Crippen LogP contribution < -0.4 is 5.73 Å². The molecule has 0 aromatic rings. The van der Waals surface area contributed by atoms with Crippen LogP contribution in [0.3, 0.4) is 0 Å². The second-order valence-corrected chi connectivity index (χ2v) is 1.04. The average molecular weight is 99.1 g/mol. The molecular formula is C4H9N3. The molecule has 0 bridgehead atoms. The minimum absolute atomic E-state index is 0.461. The van der Waals surface area contributed by atoms with Gasteiger partial charge in [-0.05, 0) is 0 Å². The van der Waals surface area contributed by atoms with Crippen LogP contribution in [0, 0.1) is 0 Å². The van der Waals surface area contributed by atoms with Crippen LogP contribution in [0.1, 0.15) is 0 Å². The summed E-state index contributed by atoms with van der Waals surface area (Å²) in [5, 5.41) is 0. The zero-order valence-corrected chi connectivity index (χ0v) is 4.55. The van der Waals surface area contributed by atoms with Gasteiger partial charge in [-0.2, -0.15) is 0 Å². The van der Waals surface area contributed by atoms with E-state index in [2.05, 4.69) is 9.98 Å². The van der Waals surface area contributed by atoms with Crippen molar-refractivity contribution in [1.82, 2.24) is 0 Å². The fourth-order valence-corrected chi connectivity index (χ4v) is 0.190. The summed E-state index contributed by atoms with van der Waals surface area (Å²) in [6, 6.07) is 0. The van der Waals surface area contributed by atoms with Crippen molar-refractivity contribution in [3.05, 3.63) is 0 Å². The van der Waals surface area contributed by atoms with Gasteiger partial charge in [0.25, 0.3) is 0 Å². The second kappa shape index (κ2) is 3.33. The zero-order chi connectivity index (χ0) is 5.70. The van der Waals surface area contributed by atoms with Gasteiger partial charge >= 0.3 is 0 Å². The third-order valence-electron chi connectivity index (χ3n) is 0.520. The number of aliphatic imine (C=N–C) groups is 2. The minimum atomic E-state index is 0.461. The first-order valence-corrected chi connectivity index (χ1v) is 1.95. The van der Waals surface area contributed by atoms with Crippen molar-refractivity contribution in [3.63, 3.8) is 0 Å². The van der Waals surface area contributed by atoms with Gasteiger partial charge in [-0.1, -0.05) is 0 Å². The molecule has 0 aromatic heterocycles. The molecule has 0 heterocycles. The molecule has 3 nitrogen and oxygen atoms in total. The first-order valence-electron chi connectivity index (χ1n) is 1.95. The van der Waals surface area contributed by atoms with Crippen molar-refractivity contribution >= 4 is 12.1 Å². The maximum atomic E-state index is 5.18. The molecule has 0 atom stereocenters. The van der Waals surface area contributed by atoms with E-state index in [1.54, 1.807) is 14.1 Å². The van der Waals surface area contributed by atoms with E-state index in [1.165, 1.54) is 6.21 Å². The molecule has 0 aliphatic carbocycles. The van der Waals surface area contributed by atoms with E-state index in [9.17, 15) is 0 Å². The van der Waals surface area contributed by atoms with Crippen LogP contribution in [0.5, 0.6) is 0 Å². The molecule has 0 aliphatic heterocycles. The van der Waals surface area contributed by atoms with Gasteiger partial charge in [-0.3, -0.25) is 9.98 Å². The Morgan fingerprint density at radius 3 is 2.29 bits per heavy atom. The fourth-order valence-electron chi connectivity index (χ4n) is 0.190. The Morgan fingerprint density at radius 1 is 1.57 bits per heavy atom. The second-order valence-electron chi connectivity index (χ2n) is 1.04. The first-order chi connectivity index (χ1) is 3.31. The number of nitrogens with two attached hydrogens (primary N) is 1. The summed E-state index contributed by atoms with van der Waals surface area (Å²) in [4.78, 5) is 7.25. The van der Waals surface area contributed by atoms with E-state index in [-0.39, 0.29) is 0 Å². The summed E-state index contributed by atoms with van der Waals surface area (Å²) >= 11 is 0. The Morgan fingerprint density at radius 2 is 2.14 bits per heavy atom. The van der Waals surface area contributed by atoms with E-state index >= 15 is 0 Å². The maximum absolute atomic E-state index is 5.18. The molecule has 40 valence electrons. The molecule has 0 aliphatic rings. The van der Waals surface area contributed by atoms with Gasteiger partial charge < -0.3 is 5.73 Å². The molecule has 0 unspecified atom stereocenters. The maximum Gasteiger partial charge on any atom is 0.136 e. The molecule has 0 saturated heterocycles. The molecule has 0 fully saturated rings.